The Hall–Kier alpha value is -1.02. The van der Waals surface area contributed by atoms with Gasteiger partial charge in [-0.2, -0.15) is 0 Å². The summed E-state index contributed by atoms with van der Waals surface area (Å²) in [6.07, 6.45) is 5.65. The fourth-order valence-electron chi connectivity index (χ4n) is 2.22. The zero-order valence-corrected chi connectivity index (χ0v) is 10.8. The first-order valence-electron chi connectivity index (χ1n) is 6.52. The summed E-state index contributed by atoms with van der Waals surface area (Å²) in [4.78, 5) is 0. The number of aliphatic hydroxyl groups is 1. The van der Waals surface area contributed by atoms with Gasteiger partial charge in [-0.1, -0.05) is 6.07 Å². The molecule has 94 valence electrons. The van der Waals surface area contributed by atoms with Gasteiger partial charge in [-0.25, -0.2) is 0 Å². The van der Waals surface area contributed by atoms with Crippen molar-refractivity contribution in [2.75, 3.05) is 6.61 Å². The van der Waals surface area contributed by atoms with Gasteiger partial charge in [0, 0.05) is 6.42 Å². The van der Waals surface area contributed by atoms with Crippen molar-refractivity contribution < 1.29 is 9.84 Å². The van der Waals surface area contributed by atoms with Crippen LogP contribution in [0.1, 0.15) is 44.2 Å². The van der Waals surface area contributed by atoms with Crippen LogP contribution >= 0.6 is 0 Å². The second kappa shape index (κ2) is 5.09. The predicted molar refractivity (Wildman–Crippen MR) is 69.5 cm³/mol. The quantitative estimate of drug-likeness (QED) is 0.867. The third-order valence-corrected chi connectivity index (χ3v) is 3.30. The minimum Gasteiger partial charge on any atom is -0.493 e. The summed E-state index contributed by atoms with van der Waals surface area (Å²) < 4.78 is 5.69. The van der Waals surface area contributed by atoms with Crippen LogP contribution in [-0.4, -0.2) is 17.3 Å². The molecule has 0 aromatic heterocycles. The third kappa shape index (κ3) is 3.74. The van der Waals surface area contributed by atoms with Gasteiger partial charge in [0.1, 0.15) is 5.75 Å². The fourth-order valence-corrected chi connectivity index (χ4v) is 2.22. The van der Waals surface area contributed by atoms with Crippen molar-refractivity contribution >= 4 is 0 Å². The molecule has 1 aliphatic carbocycles. The van der Waals surface area contributed by atoms with E-state index in [1.165, 1.54) is 36.8 Å². The molecule has 0 saturated heterocycles. The summed E-state index contributed by atoms with van der Waals surface area (Å²) in [5.41, 5.74) is 2.27. The van der Waals surface area contributed by atoms with Gasteiger partial charge in [-0.15, -0.1) is 0 Å². The molecule has 2 rings (SSSR count). The molecule has 2 nitrogen and oxygen atoms in total. The summed E-state index contributed by atoms with van der Waals surface area (Å²) >= 11 is 0. The standard InChI is InChI=1S/C15H22O2/c1-15(2,16)9-10-17-14-8-7-12-5-3-4-6-13(12)11-14/h7-8,11,16H,3-6,9-10H2,1-2H3. The van der Waals surface area contributed by atoms with Gasteiger partial charge in [-0.3, -0.25) is 0 Å². The first-order valence-corrected chi connectivity index (χ1v) is 6.52. The Bertz CT molecular complexity index is 377. The Kier molecular flexibility index (Phi) is 3.72. The number of fused-ring (bicyclic) bond motifs is 1. The molecular formula is C15H22O2. The lowest BCUT2D eigenvalue weighted by molar-refractivity contribution is 0.0553. The number of aryl methyl sites for hydroxylation is 2. The lowest BCUT2D eigenvalue weighted by Crippen LogP contribution is -2.21. The topological polar surface area (TPSA) is 29.5 Å². The van der Waals surface area contributed by atoms with E-state index in [1.54, 1.807) is 0 Å². The van der Waals surface area contributed by atoms with Crippen LogP contribution in [0.4, 0.5) is 0 Å². The zero-order valence-electron chi connectivity index (χ0n) is 10.8. The molecule has 17 heavy (non-hydrogen) atoms. The number of hydrogen-bond acceptors (Lipinski definition) is 2. The lowest BCUT2D eigenvalue weighted by Gasteiger charge is -2.19. The molecule has 1 aromatic rings. The zero-order chi connectivity index (χ0) is 12.3. The molecule has 1 aromatic carbocycles. The van der Waals surface area contributed by atoms with Gasteiger partial charge < -0.3 is 9.84 Å². The maximum atomic E-state index is 9.61. The molecule has 1 aliphatic rings. The number of rotatable bonds is 4. The van der Waals surface area contributed by atoms with Crippen LogP contribution in [0.15, 0.2) is 18.2 Å². The van der Waals surface area contributed by atoms with E-state index in [0.717, 1.165) is 5.75 Å². The number of ether oxygens (including phenoxy) is 1. The third-order valence-electron chi connectivity index (χ3n) is 3.30. The molecule has 1 N–H and O–H groups in total. The van der Waals surface area contributed by atoms with E-state index < -0.39 is 5.60 Å². The van der Waals surface area contributed by atoms with Crippen molar-refractivity contribution in [3.05, 3.63) is 29.3 Å². The van der Waals surface area contributed by atoms with Crippen molar-refractivity contribution in [3.8, 4) is 5.75 Å². The second-order valence-corrected chi connectivity index (χ2v) is 5.55. The van der Waals surface area contributed by atoms with Crippen molar-refractivity contribution in [1.29, 1.82) is 0 Å². The monoisotopic (exact) mass is 234 g/mol. The van der Waals surface area contributed by atoms with E-state index in [0.29, 0.717) is 13.0 Å². The van der Waals surface area contributed by atoms with Crippen LogP contribution in [0.5, 0.6) is 5.75 Å². The van der Waals surface area contributed by atoms with Crippen molar-refractivity contribution in [1.82, 2.24) is 0 Å². The van der Waals surface area contributed by atoms with E-state index in [-0.39, 0.29) is 0 Å². The maximum absolute atomic E-state index is 9.61. The minimum absolute atomic E-state index is 0.572. The minimum atomic E-state index is -0.645. The Morgan fingerprint density at radius 3 is 2.59 bits per heavy atom. The Labute approximate surface area is 104 Å². The van der Waals surface area contributed by atoms with Gasteiger partial charge in [0.2, 0.25) is 0 Å². The van der Waals surface area contributed by atoms with Crippen LogP contribution in [0.2, 0.25) is 0 Å². The molecular weight excluding hydrogens is 212 g/mol. The van der Waals surface area contributed by atoms with E-state index >= 15 is 0 Å². The molecule has 0 spiro atoms. The summed E-state index contributed by atoms with van der Waals surface area (Å²) in [5, 5.41) is 9.61. The molecule has 0 saturated carbocycles. The fraction of sp³-hybridized carbons (Fsp3) is 0.600. The van der Waals surface area contributed by atoms with Crippen LogP contribution in [-0.2, 0) is 12.8 Å². The Balaban J connectivity index is 1.93. The molecule has 0 bridgehead atoms. The predicted octanol–water partition coefficient (Wildman–Crippen LogP) is 3.11. The largest absolute Gasteiger partial charge is 0.493 e. The molecule has 0 fully saturated rings. The number of benzene rings is 1. The Morgan fingerprint density at radius 2 is 1.88 bits per heavy atom. The van der Waals surface area contributed by atoms with Crippen LogP contribution in [0.3, 0.4) is 0 Å². The molecule has 2 heteroatoms. The molecule has 0 amide bonds. The van der Waals surface area contributed by atoms with Crippen LogP contribution in [0.25, 0.3) is 0 Å². The highest BCUT2D eigenvalue weighted by Gasteiger charge is 2.13. The van der Waals surface area contributed by atoms with Crippen molar-refractivity contribution in [2.45, 2.75) is 51.6 Å². The highest BCUT2D eigenvalue weighted by molar-refractivity contribution is 5.37. The molecule has 0 radical (unpaired) electrons. The van der Waals surface area contributed by atoms with E-state index in [4.69, 9.17) is 4.74 Å². The highest BCUT2D eigenvalue weighted by atomic mass is 16.5. The SMILES string of the molecule is CC(C)(O)CCOc1ccc2c(c1)CCCC2. The van der Waals surface area contributed by atoms with Gasteiger partial charge in [0.05, 0.1) is 12.2 Å². The first kappa shape index (κ1) is 12.4. The van der Waals surface area contributed by atoms with Gasteiger partial charge in [0.25, 0.3) is 0 Å². The van der Waals surface area contributed by atoms with Crippen LogP contribution in [0, 0.1) is 0 Å². The molecule has 0 unspecified atom stereocenters. The number of hydrogen-bond donors (Lipinski definition) is 1. The van der Waals surface area contributed by atoms with Gasteiger partial charge in [0.15, 0.2) is 0 Å². The maximum Gasteiger partial charge on any atom is 0.119 e. The van der Waals surface area contributed by atoms with Crippen molar-refractivity contribution in [2.24, 2.45) is 0 Å². The van der Waals surface area contributed by atoms with Gasteiger partial charge >= 0.3 is 0 Å². The normalized spacial score (nSPS) is 15.5. The Morgan fingerprint density at radius 1 is 1.18 bits per heavy atom. The van der Waals surface area contributed by atoms with E-state index in [2.05, 4.69) is 18.2 Å². The summed E-state index contributed by atoms with van der Waals surface area (Å²) in [7, 11) is 0. The first-order chi connectivity index (χ1) is 8.04. The van der Waals surface area contributed by atoms with E-state index in [1.807, 2.05) is 13.8 Å². The molecule has 0 aliphatic heterocycles. The molecule has 0 heterocycles. The van der Waals surface area contributed by atoms with Crippen LogP contribution < -0.4 is 4.74 Å². The lowest BCUT2D eigenvalue weighted by atomic mass is 9.92. The van der Waals surface area contributed by atoms with E-state index in [9.17, 15) is 5.11 Å². The van der Waals surface area contributed by atoms with Crippen molar-refractivity contribution in [3.63, 3.8) is 0 Å². The smallest absolute Gasteiger partial charge is 0.119 e. The average molecular weight is 234 g/mol. The molecule has 0 atom stereocenters. The second-order valence-electron chi connectivity index (χ2n) is 5.55. The summed E-state index contributed by atoms with van der Waals surface area (Å²) in [5.74, 6) is 0.940. The summed E-state index contributed by atoms with van der Waals surface area (Å²) in [6.45, 7) is 4.19. The average Bonchev–Trinajstić information content (AvgIpc) is 2.27. The van der Waals surface area contributed by atoms with Gasteiger partial charge in [-0.05, 0) is 62.8 Å². The summed E-state index contributed by atoms with van der Waals surface area (Å²) in [6, 6.07) is 6.40. The highest BCUT2D eigenvalue weighted by Crippen LogP contribution is 2.25.